The number of nitrogens with zero attached hydrogens (tertiary/aromatic N) is 6. The molecule has 0 N–H and O–H groups in total. The average molecular weight is 461 g/mol. The molecule has 0 spiro atoms. The van der Waals surface area contributed by atoms with Crippen LogP contribution in [0.3, 0.4) is 0 Å². The van der Waals surface area contributed by atoms with Gasteiger partial charge in [-0.05, 0) is 75.7 Å². The van der Waals surface area contributed by atoms with E-state index in [9.17, 15) is 4.79 Å². The maximum absolute atomic E-state index is 13.1. The lowest BCUT2D eigenvalue weighted by atomic mass is 10.2. The number of amides is 1. The van der Waals surface area contributed by atoms with Crippen LogP contribution in [0.15, 0.2) is 53.7 Å². The van der Waals surface area contributed by atoms with Gasteiger partial charge in [0.2, 0.25) is 5.91 Å². The van der Waals surface area contributed by atoms with Crippen LogP contribution in [0.1, 0.15) is 32.8 Å². The molecule has 1 atom stereocenters. The molecule has 170 valence electrons. The molecular formula is C25H28N6OS. The standard InChI is InChI=1S/C25H28N6OS/c1-4-29(5-2)20-13-9-19(10-14-20)23-27-28-25(30(23)6-3)33-22-15-16-31(24(22)32)21-11-7-18(17-26)8-12-21/h7-14,22H,4-6,15-16H2,1-3H3. The van der Waals surface area contributed by atoms with E-state index < -0.39 is 0 Å². The number of carbonyl (C=O) groups excluding carboxylic acids is 1. The predicted octanol–water partition coefficient (Wildman–Crippen LogP) is 4.58. The van der Waals surface area contributed by atoms with Crippen molar-refractivity contribution in [2.45, 2.75) is 44.1 Å². The van der Waals surface area contributed by atoms with Crippen molar-refractivity contribution >= 4 is 29.0 Å². The van der Waals surface area contributed by atoms with Crippen LogP contribution in [0.4, 0.5) is 11.4 Å². The highest BCUT2D eigenvalue weighted by molar-refractivity contribution is 8.00. The lowest BCUT2D eigenvalue weighted by molar-refractivity contribution is -0.116. The van der Waals surface area contributed by atoms with Crippen LogP contribution in [0.25, 0.3) is 11.4 Å². The Hall–Kier alpha value is -3.31. The molecule has 8 heteroatoms. The molecule has 2 heterocycles. The second-order valence-electron chi connectivity index (χ2n) is 7.81. The molecule has 4 rings (SSSR count). The summed E-state index contributed by atoms with van der Waals surface area (Å²) in [6, 6.07) is 17.7. The largest absolute Gasteiger partial charge is 0.372 e. The van der Waals surface area contributed by atoms with E-state index in [2.05, 4.69) is 70.8 Å². The molecule has 33 heavy (non-hydrogen) atoms. The van der Waals surface area contributed by atoms with Crippen molar-refractivity contribution in [1.82, 2.24) is 14.8 Å². The van der Waals surface area contributed by atoms with Gasteiger partial charge in [-0.3, -0.25) is 4.79 Å². The minimum absolute atomic E-state index is 0.0699. The number of hydrogen-bond donors (Lipinski definition) is 0. The highest BCUT2D eigenvalue weighted by atomic mass is 32.2. The highest BCUT2D eigenvalue weighted by Crippen LogP contribution is 2.34. The number of aromatic nitrogens is 3. The van der Waals surface area contributed by atoms with Crippen LogP contribution in [0, 0.1) is 11.3 Å². The lowest BCUT2D eigenvalue weighted by Gasteiger charge is -2.21. The van der Waals surface area contributed by atoms with Gasteiger partial charge in [-0.1, -0.05) is 11.8 Å². The van der Waals surface area contributed by atoms with E-state index in [1.165, 1.54) is 17.4 Å². The van der Waals surface area contributed by atoms with Gasteiger partial charge >= 0.3 is 0 Å². The van der Waals surface area contributed by atoms with Crippen molar-refractivity contribution in [3.8, 4) is 17.5 Å². The first-order valence-corrected chi connectivity index (χ1v) is 12.2. The van der Waals surface area contributed by atoms with Crippen LogP contribution in [-0.2, 0) is 11.3 Å². The molecule has 3 aromatic rings. The van der Waals surface area contributed by atoms with Gasteiger partial charge in [-0.15, -0.1) is 10.2 Å². The summed E-state index contributed by atoms with van der Waals surface area (Å²) in [7, 11) is 0. The molecule has 1 saturated heterocycles. The van der Waals surface area contributed by atoms with Crippen molar-refractivity contribution in [3.05, 3.63) is 54.1 Å². The third-order valence-electron chi connectivity index (χ3n) is 6.00. The van der Waals surface area contributed by atoms with Crippen LogP contribution in [0.5, 0.6) is 0 Å². The molecule has 1 fully saturated rings. The zero-order valence-corrected chi connectivity index (χ0v) is 20.0. The van der Waals surface area contributed by atoms with Crippen molar-refractivity contribution in [2.24, 2.45) is 0 Å². The summed E-state index contributed by atoms with van der Waals surface area (Å²) in [4.78, 5) is 17.2. The number of thioether (sulfide) groups is 1. The summed E-state index contributed by atoms with van der Waals surface area (Å²) < 4.78 is 2.08. The summed E-state index contributed by atoms with van der Waals surface area (Å²) in [6.07, 6.45) is 0.744. The zero-order chi connectivity index (χ0) is 23.4. The van der Waals surface area contributed by atoms with Gasteiger partial charge in [0.1, 0.15) is 0 Å². The van der Waals surface area contributed by atoms with Crippen molar-refractivity contribution in [1.29, 1.82) is 5.26 Å². The number of rotatable bonds is 8. The van der Waals surface area contributed by atoms with Gasteiger partial charge in [0, 0.05) is 43.1 Å². The van der Waals surface area contributed by atoms with Crippen LogP contribution in [-0.4, -0.2) is 45.6 Å². The summed E-state index contributed by atoms with van der Waals surface area (Å²) in [5, 5.41) is 18.4. The molecule has 1 aliphatic rings. The zero-order valence-electron chi connectivity index (χ0n) is 19.2. The molecule has 1 unspecified atom stereocenters. The Labute approximate surface area is 199 Å². The molecular weight excluding hydrogens is 432 g/mol. The molecule has 0 saturated carbocycles. The monoisotopic (exact) mass is 460 g/mol. The molecule has 1 aliphatic heterocycles. The maximum atomic E-state index is 13.1. The van der Waals surface area contributed by atoms with Crippen LogP contribution < -0.4 is 9.80 Å². The number of hydrogen-bond acceptors (Lipinski definition) is 6. The Kier molecular flexibility index (Phi) is 6.99. The molecule has 1 amide bonds. The Morgan fingerprint density at radius 3 is 2.36 bits per heavy atom. The fourth-order valence-corrected chi connectivity index (χ4v) is 5.28. The lowest BCUT2D eigenvalue weighted by Crippen LogP contribution is -2.28. The minimum atomic E-state index is -0.201. The minimum Gasteiger partial charge on any atom is -0.372 e. The Morgan fingerprint density at radius 1 is 1.06 bits per heavy atom. The summed E-state index contributed by atoms with van der Waals surface area (Å²) >= 11 is 1.48. The first-order chi connectivity index (χ1) is 16.1. The Bertz CT molecular complexity index is 1150. The second-order valence-corrected chi connectivity index (χ2v) is 8.98. The van der Waals surface area contributed by atoms with E-state index in [1.54, 1.807) is 17.0 Å². The fraction of sp³-hybridized carbons (Fsp3) is 0.360. The third kappa shape index (κ3) is 4.60. The fourth-order valence-electron chi connectivity index (χ4n) is 4.15. The first kappa shape index (κ1) is 22.9. The number of carbonyl (C=O) groups is 1. The second kappa shape index (κ2) is 10.1. The van der Waals surface area contributed by atoms with Crippen molar-refractivity contribution < 1.29 is 4.79 Å². The van der Waals surface area contributed by atoms with Gasteiger partial charge in [-0.25, -0.2) is 0 Å². The molecule has 1 aromatic heterocycles. The van der Waals surface area contributed by atoms with Gasteiger partial charge < -0.3 is 14.4 Å². The first-order valence-electron chi connectivity index (χ1n) is 11.4. The van der Waals surface area contributed by atoms with Gasteiger partial charge in [0.05, 0.1) is 16.9 Å². The summed E-state index contributed by atoms with van der Waals surface area (Å²) in [6.45, 7) is 9.70. The van der Waals surface area contributed by atoms with E-state index in [4.69, 9.17) is 5.26 Å². The van der Waals surface area contributed by atoms with Gasteiger partial charge in [0.25, 0.3) is 0 Å². The molecule has 2 aromatic carbocycles. The van der Waals surface area contributed by atoms with Crippen LogP contribution >= 0.6 is 11.8 Å². The smallest absolute Gasteiger partial charge is 0.240 e. The summed E-state index contributed by atoms with van der Waals surface area (Å²) in [5.41, 5.74) is 3.63. The average Bonchev–Trinajstić information content (AvgIpc) is 3.43. The van der Waals surface area contributed by atoms with E-state index in [0.717, 1.165) is 48.3 Å². The SMILES string of the molecule is CCN(CC)c1ccc(-c2nnc(SC3CCN(c4ccc(C#N)cc4)C3=O)n2CC)cc1. The number of anilines is 2. The molecule has 0 radical (unpaired) electrons. The van der Waals surface area contributed by atoms with E-state index in [1.807, 2.05) is 12.1 Å². The number of nitriles is 1. The normalized spacial score (nSPS) is 15.6. The number of benzene rings is 2. The Balaban J connectivity index is 1.50. The summed E-state index contributed by atoms with van der Waals surface area (Å²) in [5.74, 6) is 0.890. The molecule has 0 bridgehead atoms. The van der Waals surface area contributed by atoms with Crippen molar-refractivity contribution in [3.63, 3.8) is 0 Å². The topological polar surface area (TPSA) is 78.1 Å². The quantitative estimate of drug-likeness (QED) is 0.490. The van der Waals surface area contributed by atoms with Crippen LogP contribution in [0.2, 0.25) is 0 Å². The molecule has 0 aliphatic carbocycles. The third-order valence-corrected chi connectivity index (χ3v) is 7.23. The van der Waals surface area contributed by atoms with Gasteiger partial charge in [-0.2, -0.15) is 5.26 Å². The highest BCUT2D eigenvalue weighted by Gasteiger charge is 2.34. The molecule has 7 nitrogen and oxygen atoms in total. The predicted molar refractivity (Wildman–Crippen MR) is 132 cm³/mol. The van der Waals surface area contributed by atoms with Gasteiger partial charge in [0.15, 0.2) is 11.0 Å². The van der Waals surface area contributed by atoms with E-state index in [-0.39, 0.29) is 11.2 Å². The van der Waals surface area contributed by atoms with E-state index in [0.29, 0.717) is 12.1 Å². The van der Waals surface area contributed by atoms with E-state index >= 15 is 0 Å². The maximum Gasteiger partial charge on any atom is 0.240 e. The Morgan fingerprint density at radius 2 is 1.76 bits per heavy atom. The van der Waals surface area contributed by atoms with Crippen molar-refractivity contribution in [2.75, 3.05) is 29.4 Å².